The number of hydrogen-bond acceptors (Lipinski definition) is 4. The minimum Gasteiger partial charge on any atom is -0.385 e. The summed E-state index contributed by atoms with van der Waals surface area (Å²) >= 11 is 0. The van der Waals surface area contributed by atoms with Gasteiger partial charge in [-0.25, -0.2) is 8.42 Å². The van der Waals surface area contributed by atoms with Gasteiger partial charge in [0.15, 0.2) is 9.84 Å². The SMILES string of the molecule is Nc1cc2ccccc2c(=O)n1CC1CCCS1(=O)=O. The van der Waals surface area contributed by atoms with E-state index in [0.717, 1.165) is 5.39 Å². The van der Waals surface area contributed by atoms with Crippen molar-refractivity contribution < 1.29 is 8.42 Å². The third-order valence-electron chi connectivity index (χ3n) is 3.90. The van der Waals surface area contributed by atoms with Gasteiger partial charge < -0.3 is 5.73 Å². The number of nitrogen functional groups attached to an aromatic ring is 1. The van der Waals surface area contributed by atoms with Gasteiger partial charge >= 0.3 is 0 Å². The number of nitrogens with zero attached hydrogens (tertiary/aromatic N) is 1. The maximum absolute atomic E-state index is 12.4. The first-order chi connectivity index (χ1) is 9.49. The summed E-state index contributed by atoms with van der Waals surface area (Å²) in [4.78, 5) is 12.4. The second kappa shape index (κ2) is 4.63. The Kier molecular flexibility index (Phi) is 3.05. The van der Waals surface area contributed by atoms with E-state index in [-0.39, 0.29) is 17.9 Å². The summed E-state index contributed by atoms with van der Waals surface area (Å²) in [5.41, 5.74) is 5.70. The predicted octanol–water partition coefficient (Wildman–Crippen LogP) is 1.16. The van der Waals surface area contributed by atoms with Gasteiger partial charge in [0, 0.05) is 11.9 Å². The lowest BCUT2D eigenvalue weighted by Crippen LogP contribution is -2.31. The lowest BCUT2D eigenvalue weighted by atomic mass is 10.1. The first-order valence-corrected chi connectivity index (χ1v) is 8.30. The number of pyridine rings is 1. The Hall–Kier alpha value is -1.82. The smallest absolute Gasteiger partial charge is 0.260 e. The summed E-state index contributed by atoms with van der Waals surface area (Å²) in [5.74, 6) is 0.524. The molecule has 1 aliphatic heterocycles. The number of nitrogens with two attached hydrogens (primary N) is 1. The van der Waals surface area contributed by atoms with E-state index in [1.165, 1.54) is 4.57 Å². The van der Waals surface area contributed by atoms with E-state index >= 15 is 0 Å². The Morgan fingerprint density at radius 1 is 1.30 bits per heavy atom. The molecular weight excluding hydrogens is 276 g/mol. The molecule has 1 atom stereocenters. The monoisotopic (exact) mass is 292 g/mol. The lowest BCUT2D eigenvalue weighted by molar-refractivity contribution is 0.564. The second-order valence-corrected chi connectivity index (χ2v) is 7.60. The zero-order valence-corrected chi connectivity index (χ0v) is 11.8. The Morgan fingerprint density at radius 3 is 2.75 bits per heavy atom. The molecule has 1 aromatic carbocycles. The number of benzene rings is 1. The fraction of sp³-hybridized carbons (Fsp3) is 0.357. The molecule has 1 aliphatic rings. The zero-order chi connectivity index (χ0) is 14.3. The van der Waals surface area contributed by atoms with Crippen molar-refractivity contribution in [3.63, 3.8) is 0 Å². The molecule has 1 aromatic heterocycles. The van der Waals surface area contributed by atoms with E-state index in [1.807, 2.05) is 12.1 Å². The van der Waals surface area contributed by atoms with E-state index in [0.29, 0.717) is 24.0 Å². The summed E-state index contributed by atoms with van der Waals surface area (Å²) < 4.78 is 25.2. The molecule has 20 heavy (non-hydrogen) atoms. The molecule has 5 nitrogen and oxygen atoms in total. The molecule has 0 aliphatic carbocycles. The van der Waals surface area contributed by atoms with Crippen LogP contribution in [-0.4, -0.2) is 24.0 Å². The Labute approximate surface area is 116 Å². The first kappa shape index (κ1) is 13.2. The number of rotatable bonds is 2. The van der Waals surface area contributed by atoms with Crippen molar-refractivity contribution in [3.05, 3.63) is 40.7 Å². The fourth-order valence-corrected chi connectivity index (χ4v) is 4.58. The molecule has 0 radical (unpaired) electrons. The Balaban J connectivity index is 2.10. The molecular formula is C14H16N2O3S. The van der Waals surface area contributed by atoms with Gasteiger partial charge in [-0.2, -0.15) is 0 Å². The van der Waals surface area contributed by atoms with E-state index in [4.69, 9.17) is 5.73 Å². The van der Waals surface area contributed by atoms with Gasteiger partial charge in [0.05, 0.1) is 11.0 Å². The zero-order valence-electron chi connectivity index (χ0n) is 11.0. The van der Waals surface area contributed by atoms with Crippen LogP contribution in [0.1, 0.15) is 12.8 Å². The highest BCUT2D eigenvalue weighted by atomic mass is 32.2. The van der Waals surface area contributed by atoms with Crippen molar-refractivity contribution in [2.45, 2.75) is 24.6 Å². The number of fused-ring (bicyclic) bond motifs is 1. The molecule has 2 N–H and O–H groups in total. The van der Waals surface area contributed by atoms with Crippen LogP contribution >= 0.6 is 0 Å². The van der Waals surface area contributed by atoms with Gasteiger partial charge in [-0.15, -0.1) is 0 Å². The van der Waals surface area contributed by atoms with Gasteiger partial charge in [-0.1, -0.05) is 18.2 Å². The normalized spacial score (nSPS) is 21.3. The van der Waals surface area contributed by atoms with Crippen LogP contribution in [0.3, 0.4) is 0 Å². The highest BCUT2D eigenvalue weighted by Gasteiger charge is 2.32. The van der Waals surface area contributed by atoms with E-state index in [2.05, 4.69) is 0 Å². The number of aromatic nitrogens is 1. The van der Waals surface area contributed by atoms with Crippen molar-refractivity contribution in [1.82, 2.24) is 4.57 Å². The van der Waals surface area contributed by atoms with Crippen molar-refractivity contribution in [2.24, 2.45) is 0 Å². The van der Waals surface area contributed by atoms with Crippen LogP contribution in [0.25, 0.3) is 10.8 Å². The molecule has 3 rings (SSSR count). The van der Waals surface area contributed by atoms with Crippen LogP contribution in [0, 0.1) is 0 Å². The summed E-state index contributed by atoms with van der Waals surface area (Å²) in [6.45, 7) is 0.151. The second-order valence-electron chi connectivity index (χ2n) is 5.20. The van der Waals surface area contributed by atoms with Crippen LogP contribution in [0.5, 0.6) is 0 Å². The summed E-state index contributed by atoms with van der Waals surface area (Å²) in [6.07, 6.45) is 1.26. The molecule has 0 spiro atoms. The Morgan fingerprint density at radius 2 is 2.05 bits per heavy atom. The first-order valence-electron chi connectivity index (χ1n) is 6.59. The van der Waals surface area contributed by atoms with Gasteiger partial charge in [0.2, 0.25) is 0 Å². The molecule has 2 heterocycles. The summed E-state index contributed by atoms with van der Waals surface area (Å²) in [7, 11) is -3.09. The molecule has 6 heteroatoms. The van der Waals surface area contributed by atoms with Crippen LogP contribution in [0.2, 0.25) is 0 Å². The topological polar surface area (TPSA) is 82.2 Å². The third kappa shape index (κ3) is 2.10. The van der Waals surface area contributed by atoms with Gasteiger partial charge in [-0.05, 0) is 30.4 Å². The van der Waals surface area contributed by atoms with Crippen LogP contribution < -0.4 is 11.3 Å². The molecule has 1 saturated heterocycles. The minimum absolute atomic E-state index is 0.151. The van der Waals surface area contributed by atoms with E-state index in [1.54, 1.807) is 18.2 Å². The summed E-state index contributed by atoms with van der Waals surface area (Å²) in [6, 6.07) is 8.91. The van der Waals surface area contributed by atoms with Crippen molar-refractivity contribution in [1.29, 1.82) is 0 Å². The number of sulfone groups is 1. The highest BCUT2D eigenvalue weighted by molar-refractivity contribution is 7.92. The molecule has 0 saturated carbocycles. The van der Waals surface area contributed by atoms with E-state index < -0.39 is 15.1 Å². The standard InChI is InChI=1S/C14H16N2O3S/c15-13-8-10-4-1-2-6-12(10)14(17)16(13)9-11-5-3-7-20(11,18)19/h1-2,4,6,8,11H,3,5,7,9,15H2. The van der Waals surface area contributed by atoms with Crippen LogP contribution in [0.4, 0.5) is 5.82 Å². The fourth-order valence-electron chi connectivity index (χ4n) is 2.77. The van der Waals surface area contributed by atoms with Crippen LogP contribution in [-0.2, 0) is 16.4 Å². The van der Waals surface area contributed by atoms with Crippen molar-refractivity contribution in [3.8, 4) is 0 Å². The minimum atomic E-state index is -3.09. The Bertz CT molecular complexity index is 824. The van der Waals surface area contributed by atoms with Gasteiger partial charge in [0.1, 0.15) is 5.82 Å². The number of hydrogen-bond donors (Lipinski definition) is 1. The molecule has 1 fully saturated rings. The largest absolute Gasteiger partial charge is 0.385 e. The molecule has 2 aromatic rings. The quantitative estimate of drug-likeness (QED) is 0.900. The molecule has 106 valence electrons. The highest BCUT2D eigenvalue weighted by Crippen LogP contribution is 2.22. The van der Waals surface area contributed by atoms with Gasteiger partial charge in [0.25, 0.3) is 5.56 Å². The maximum atomic E-state index is 12.4. The van der Waals surface area contributed by atoms with Gasteiger partial charge in [-0.3, -0.25) is 9.36 Å². The summed E-state index contributed by atoms with van der Waals surface area (Å²) in [5, 5.41) is 0.848. The third-order valence-corrected chi connectivity index (χ3v) is 6.16. The molecule has 0 amide bonds. The van der Waals surface area contributed by atoms with Crippen molar-refractivity contribution in [2.75, 3.05) is 11.5 Å². The van der Waals surface area contributed by atoms with Crippen molar-refractivity contribution >= 4 is 26.4 Å². The lowest BCUT2D eigenvalue weighted by Gasteiger charge is -2.15. The van der Waals surface area contributed by atoms with Crippen LogP contribution in [0.15, 0.2) is 35.1 Å². The number of anilines is 1. The van der Waals surface area contributed by atoms with E-state index in [9.17, 15) is 13.2 Å². The molecule has 0 bridgehead atoms. The maximum Gasteiger partial charge on any atom is 0.260 e. The average molecular weight is 292 g/mol. The average Bonchev–Trinajstić information content (AvgIpc) is 2.73. The predicted molar refractivity (Wildman–Crippen MR) is 79.4 cm³/mol. The molecule has 1 unspecified atom stereocenters.